The summed E-state index contributed by atoms with van der Waals surface area (Å²) in [6.07, 6.45) is 0.260. The van der Waals surface area contributed by atoms with Crippen molar-refractivity contribution in [2.45, 2.75) is 18.0 Å². The molecule has 0 saturated carbocycles. The summed E-state index contributed by atoms with van der Waals surface area (Å²) < 4.78 is 0. The highest BCUT2D eigenvalue weighted by molar-refractivity contribution is 6.12. The Morgan fingerprint density at radius 2 is 1.75 bits per heavy atom. The zero-order valence-corrected chi connectivity index (χ0v) is 15.3. The van der Waals surface area contributed by atoms with Gasteiger partial charge < -0.3 is 10.0 Å². The first-order valence-corrected chi connectivity index (χ1v) is 9.24. The van der Waals surface area contributed by atoms with E-state index in [9.17, 15) is 19.5 Å². The topological polar surface area (TPSA) is 81.2 Å². The standard InChI is InChI=1S/C21H19N3O4/c1-22-15-10-6-5-9-14(15)21(20(22)28)17(19(26)27)18(13-7-3-2-4-8-13)23-12-11-16(25)24(21)23/h2-10,17-18H,11-12H2,1H3,(H,26,27). The normalized spacial score (nSPS) is 28.9. The predicted molar refractivity (Wildman–Crippen MR) is 100 cm³/mol. The molecule has 3 unspecified atom stereocenters. The van der Waals surface area contributed by atoms with Crippen molar-refractivity contribution in [3.8, 4) is 0 Å². The van der Waals surface area contributed by atoms with Crippen molar-refractivity contribution in [1.82, 2.24) is 10.0 Å². The quantitative estimate of drug-likeness (QED) is 0.863. The fourth-order valence-electron chi connectivity index (χ4n) is 5.16. The molecule has 0 aliphatic carbocycles. The first-order chi connectivity index (χ1) is 13.5. The smallest absolute Gasteiger partial charge is 0.311 e. The number of hydrazine groups is 1. The second kappa shape index (κ2) is 5.65. The Kier molecular flexibility index (Phi) is 3.42. The van der Waals surface area contributed by atoms with Crippen LogP contribution in [0.15, 0.2) is 54.6 Å². The van der Waals surface area contributed by atoms with Crippen LogP contribution in [0.2, 0.25) is 0 Å². The van der Waals surface area contributed by atoms with Crippen LogP contribution in [0.5, 0.6) is 0 Å². The summed E-state index contributed by atoms with van der Waals surface area (Å²) >= 11 is 0. The van der Waals surface area contributed by atoms with Crippen molar-refractivity contribution in [2.24, 2.45) is 5.92 Å². The average Bonchev–Trinajstić information content (AvgIpc) is 3.30. The van der Waals surface area contributed by atoms with E-state index in [0.717, 1.165) is 5.56 Å². The van der Waals surface area contributed by atoms with E-state index in [1.165, 1.54) is 9.91 Å². The fraction of sp³-hybridized carbons (Fsp3) is 0.286. The molecule has 0 aromatic heterocycles. The number of carbonyl (C=O) groups is 3. The van der Waals surface area contributed by atoms with Gasteiger partial charge in [0, 0.05) is 31.3 Å². The molecule has 7 heteroatoms. The predicted octanol–water partition coefficient (Wildman–Crippen LogP) is 1.76. The van der Waals surface area contributed by atoms with Crippen molar-refractivity contribution >= 4 is 23.5 Å². The number of hydrogen-bond acceptors (Lipinski definition) is 4. The molecule has 3 aliphatic heterocycles. The Balaban J connectivity index is 1.83. The first kappa shape index (κ1) is 16.9. The Hall–Kier alpha value is -3.19. The lowest BCUT2D eigenvalue weighted by atomic mass is 9.74. The third kappa shape index (κ3) is 1.84. The van der Waals surface area contributed by atoms with Crippen molar-refractivity contribution in [1.29, 1.82) is 0 Å². The lowest BCUT2D eigenvalue weighted by molar-refractivity contribution is -0.158. The van der Waals surface area contributed by atoms with Crippen LogP contribution in [-0.4, -0.2) is 46.5 Å². The monoisotopic (exact) mass is 377 g/mol. The molecular weight excluding hydrogens is 358 g/mol. The van der Waals surface area contributed by atoms with Crippen molar-refractivity contribution in [3.63, 3.8) is 0 Å². The van der Waals surface area contributed by atoms with E-state index in [-0.39, 0.29) is 18.2 Å². The van der Waals surface area contributed by atoms with Gasteiger partial charge in [-0.1, -0.05) is 48.5 Å². The minimum absolute atomic E-state index is 0.219. The summed E-state index contributed by atoms with van der Waals surface area (Å²) in [6, 6.07) is 15.8. The van der Waals surface area contributed by atoms with Gasteiger partial charge in [0.15, 0.2) is 5.54 Å². The van der Waals surface area contributed by atoms with Gasteiger partial charge in [0.05, 0.1) is 6.04 Å². The van der Waals surface area contributed by atoms with E-state index in [1.807, 2.05) is 36.4 Å². The third-order valence-electron chi connectivity index (χ3n) is 6.18. The van der Waals surface area contributed by atoms with E-state index < -0.39 is 23.5 Å². The molecule has 3 aliphatic rings. The van der Waals surface area contributed by atoms with E-state index in [0.29, 0.717) is 17.8 Å². The molecule has 0 radical (unpaired) electrons. The Morgan fingerprint density at radius 1 is 1.07 bits per heavy atom. The molecule has 3 heterocycles. The highest BCUT2D eigenvalue weighted by Gasteiger charge is 2.72. The highest BCUT2D eigenvalue weighted by Crippen LogP contribution is 2.59. The van der Waals surface area contributed by atoms with Crippen LogP contribution in [0.3, 0.4) is 0 Å². The molecule has 2 amide bonds. The summed E-state index contributed by atoms with van der Waals surface area (Å²) in [5, 5.41) is 13.5. The van der Waals surface area contributed by atoms with Crippen molar-refractivity contribution < 1.29 is 19.5 Å². The van der Waals surface area contributed by atoms with Gasteiger partial charge >= 0.3 is 5.97 Å². The summed E-state index contributed by atoms with van der Waals surface area (Å²) in [7, 11) is 1.63. The molecule has 142 valence electrons. The highest BCUT2D eigenvalue weighted by atomic mass is 16.4. The number of benzene rings is 2. The van der Waals surface area contributed by atoms with E-state index in [1.54, 1.807) is 30.3 Å². The Labute approximate surface area is 161 Å². The largest absolute Gasteiger partial charge is 0.481 e. The van der Waals surface area contributed by atoms with Crippen LogP contribution in [0.4, 0.5) is 5.69 Å². The van der Waals surface area contributed by atoms with Gasteiger partial charge in [-0.15, -0.1) is 0 Å². The SMILES string of the molecule is CN1C(=O)C2(c3ccccc31)C(C(=O)O)C(c1ccccc1)N1CCC(=O)N12. The zero-order valence-electron chi connectivity index (χ0n) is 15.3. The maximum Gasteiger partial charge on any atom is 0.311 e. The second-order valence-corrected chi connectivity index (χ2v) is 7.44. The van der Waals surface area contributed by atoms with Crippen molar-refractivity contribution in [3.05, 3.63) is 65.7 Å². The molecule has 2 fully saturated rings. The molecule has 28 heavy (non-hydrogen) atoms. The lowest BCUT2D eigenvalue weighted by Crippen LogP contribution is -2.56. The lowest BCUT2D eigenvalue weighted by Gasteiger charge is -2.35. The van der Waals surface area contributed by atoms with Crippen molar-refractivity contribution in [2.75, 3.05) is 18.5 Å². The number of para-hydroxylation sites is 1. The van der Waals surface area contributed by atoms with Gasteiger partial charge in [-0.25, -0.2) is 5.01 Å². The third-order valence-corrected chi connectivity index (χ3v) is 6.18. The van der Waals surface area contributed by atoms with Gasteiger partial charge in [-0.2, -0.15) is 0 Å². The van der Waals surface area contributed by atoms with Crippen LogP contribution in [0.1, 0.15) is 23.6 Å². The zero-order chi connectivity index (χ0) is 19.6. The van der Waals surface area contributed by atoms with E-state index >= 15 is 0 Å². The molecule has 2 aromatic rings. The number of nitrogens with zero attached hydrogens (tertiary/aromatic N) is 3. The number of hydrogen-bond donors (Lipinski definition) is 1. The number of rotatable bonds is 2. The number of likely N-dealkylation sites (N-methyl/N-ethyl adjacent to an activating group) is 1. The molecule has 1 N–H and O–H groups in total. The number of carbonyl (C=O) groups excluding carboxylic acids is 2. The summed E-state index contributed by atoms with van der Waals surface area (Å²) in [6.45, 7) is 0.392. The first-order valence-electron chi connectivity index (χ1n) is 9.24. The summed E-state index contributed by atoms with van der Waals surface area (Å²) in [4.78, 5) is 40.6. The molecule has 3 atom stereocenters. The van der Waals surface area contributed by atoms with Gasteiger partial charge in [0.25, 0.3) is 5.91 Å². The minimum Gasteiger partial charge on any atom is -0.481 e. The molecule has 5 rings (SSSR count). The number of amides is 2. The Morgan fingerprint density at radius 3 is 2.46 bits per heavy atom. The number of carboxylic acids is 1. The second-order valence-electron chi connectivity index (χ2n) is 7.44. The fourth-order valence-corrected chi connectivity index (χ4v) is 5.16. The average molecular weight is 377 g/mol. The van der Waals surface area contributed by atoms with Crippen LogP contribution >= 0.6 is 0 Å². The molecule has 1 spiro atoms. The maximum absolute atomic E-state index is 13.6. The van der Waals surface area contributed by atoms with Gasteiger partial charge in [0.1, 0.15) is 5.92 Å². The number of fused-ring (bicyclic) bond motifs is 4. The van der Waals surface area contributed by atoms with E-state index in [4.69, 9.17) is 0 Å². The van der Waals surface area contributed by atoms with Gasteiger partial charge in [0.2, 0.25) is 5.91 Å². The van der Waals surface area contributed by atoms with Gasteiger partial charge in [-0.05, 0) is 11.6 Å². The van der Waals surface area contributed by atoms with E-state index in [2.05, 4.69) is 0 Å². The van der Waals surface area contributed by atoms with Gasteiger partial charge in [-0.3, -0.25) is 19.4 Å². The summed E-state index contributed by atoms with van der Waals surface area (Å²) in [5.74, 6) is -2.80. The van der Waals surface area contributed by atoms with Crippen LogP contribution < -0.4 is 4.90 Å². The van der Waals surface area contributed by atoms with Crippen LogP contribution in [0.25, 0.3) is 0 Å². The summed E-state index contributed by atoms with van der Waals surface area (Å²) in [5.41, 5.74) is 0.442. The maximum atomic E-state index is 13.6. The van der Waals surface area contributed by atoms with Crippen LogP contribution in [0, 0.1) is 5.92 Å². The molecule has 0 bridgehead atoms. The minimum atomic E-state index is -1.56. The molecule has 2 saturated heterocycles. The molecular formula is C21H19N3O4. The van der Waals surface area contributed by atoms with Crippen LogP contribution in [-0.2, 0) is 19.9 Å². The molecule has 7 nitrogen and oxygen atoms in total. The molecule has 2 aromatic carbocycles. The number of aliphatic carboxylic acids is 1. The number of carboxylic acid groups (broad SMARTS) is 1. The Bertz CT molecular complexity index is 1010. The number of anilines is 1.